The number of ether oxygens (including phenoxy) is 2. The molecular formula is C11H19NO3. The summed E-state index contributed by atoms with van der Waals surface area (Å²) in [4.78, 5) is 0. The summed E-state index contributed by atoms with van der Waals surface area (Å²) in [5.41, 5.74) is 0. The maximum Gasteiger partial charge on any atom is 0.171 e. The highest BCUT2D eigenvalue weighted by Gasteiger charge is 2.15. The van der Waals surface area contributed by atoms with E-state index in [1.807, 2.05) is 26.0 Å². The average molecular weight is 213 g/mol. The maximum absolute atomic E-state index is 5.44. The Balaban J connectivity index is 2.36. The first kappa shape index (κ1) is 12.2. The van der Waals surface area contributed by atoms with Crippen molar-refractivity contribution in [3.05, 3.63) is 23.7 Å². The van der Waals surface area contributed by atoms with Crippen LogP contribution in [0.5, 0.6) is 0 Å². The van der Waals surface area contributed by atoms with Gasteiger partial charge in [0.15, 0.2) is 6.29 Å². The van der Waals surface area contributed by atoms with Crippen LogP contribution in [0.1, 0.15) is 18.4 Å². The zero-order chi connectivity index (χ0) is 11.3. The minimum atomic E-state index is -0.235. The third kappa shape index (κ3) is 3.66. The first-order valence-corrected chi connectivity index (χ1v) is 5.01. The summed E-state index contributed by atoms with van der Waals surface area (Å²) in [7, 11) is 3.26. The van der Waals surface area contributed by atoms with E-state index in [2.05, 4.69) is 5.32 Å². The van der Waals surface area contributed by atoms with Crippen LogP contribution >= 0.6 is 0 Å². The van der Waals surface area contributed by atoms with E-state index in [-0.39, 0.29) is 12.3 Å². The van der Waals surface area contributed by atoms with Crippen LogP contribution < -0.4 is 5.32 Å². The Morgan fingerprint density at radius 1 is 1.33 bits per heavy atom. The molecule has 1 aromatic heterocycles. The quantitative estimate of drug-likeness (QED) is 0.730. The van der Waals surface area contributed by atoms with Crippen LogP contribution in [0.4, 0.5) is 0 Å². The Morgan fingerprint density at radius 3 is 2.47 bits per heavy atom. The van der Waals surface area contributed by atoms with E-state index in [0.717, 1.165) is 11.5 Å². The topological polar surface area (TPSA) is 43.6 Å². The third-order valence-corrected chi connectivity index (χ3v) is 2.27. The lowest BCUT2D eigenvalue weighted by Gasteiger charge is -2.21. The van der Waals surface area contributed by atoms with Gasteiger partial charge in [-0.15, -0.1) is 0 Å². The normalized spacial score (nSPS) is 13.4. The van der Waals surface area contributed by atoms with Gasteiger partial charge in [-0.2, -0.15) is 0 Å². The average Bonchev–Trinajstić information content (AvgIpc) is 2.63. The summed E-state index contributed by atoms with van der Waals surface area (Å²) in [5, 5.41) is 3.27. The van der Waals surface area contributed by atoms with Gasteiger partial charge in [0.1, 0.15) is 11.5 Å². The molecule has 0 saturated heterocycles. The maximum atomic E-state index is 5.44. The minimum absolute atomic E-state index is 0.116. The molecule has 4 nitrogen and oxygen atoms in total. The van der Waals surface area contributed by atoms with Crippen molar-refractivity contribution in [2.75, 3.05) is 14.2 Å². The molecule has 86 valence electrons. The van der Waals surface area contributed by atoms with Gasteiger partial charge in [0.25, 0.3) is 0 Å². The van der Waals surface area contributed by atoms with Crippen LogP contribution in [0.15, 0.2) is 16.5 Å². The molecule has 0 bridgehead atoms. The first-order valence-electron chi connectivity index (χ1n) is 5.01. The second-order valence-corrected chi connectivity index (χ2v) is 3.52. The summed E-state index contributed by atoms with van der Waals surface area (Å²) >= 11 is 0. The van der Waals surface area contributed by atoms with E-state index in [9.17, 15) is 0 Å². The fraction of sp³-hybridized carbons (Fsp3) is 0.636. The number of hydrogen-bond donors (Lipinski definition) is 1. The molecular weight excluding hydrogens is 194 g/mol. The lowest BCUT2D eigenvalue weighted by Crippen LogP contribution is -2.39. The van der Waals surface area contributed by atoms with E-state index >= 15 is 0 Å². The van der Waals surface area contributed by atoms with Crippen LogP contribution in [-0.2, 0) is 16.0 Å². The van der Waals surface area contributed by atoms with Crippen molar-refractivity contribution >= 4 is 0 Å². The molecule has 1 N–H and O–H groups in total. The van der Waals surface area contributed by atoms with Gasteiger partial charge in [0.05, 0.1) is 12.6 Å². The Labute approximate surface area is 90.6 Å². The highest BCUT2D eigenvalue weighted by Crippen LogP contribution is 2.07. The minimum Gasteiger partial charge on any atom is -0.465 e. The van der Waals surface area contributed by atoms with Gasteiger partial charge in [0, 0.05) is 14.2 Å². The Morgan fingerprint density at radius 2 is 2.00 bits per heavy atom. The molecule has 0 aliphatic heterocycles. The summed E-state index contributed by atoms with van der Waals surface area (Å²) in [6.07, 6.45) is -0.235. The van der Waals surface area contributed by atoms with Gasteiger partial charge in [-0.3, -0.25) is 0 Å². The molecule has 1 heterocycles. The molecule has 0 radical (unpaired) electrons. The van der Waals surface area contributed by atoms with E-state index in [1.165, 1.54) is 0 Å². The van der Waals surface area contributed by atoms with E-state index in [0.29, 0.717) is 6.54 Å². The summed E-state index contributed by atoms with van der Waals surface area (Å²) in [5.74, 6) is 1.85. The van der Waals surface area contributed by atoms with Gasteiger partial charge in [0.2, 0.25) is 0 Å². The fourth-order valence-electron chi connectivity index (χ4n) is 1.44. The fourth-order valence-corrected chi connectivity index (χ4v) is 1.44. The number of rotatable bonds is 6. The molecule has 1 unspecified atom stereocenters. The smallest absolute Gasteiger partial charge is 0.171 e. The van der Waals surface area contributed by atoms with Crippen molar-refractivity contribution in [3.8, 4) is 0 Å². The van der Waals surface area contributed by atoms with Crippen molar-refractivity contribution < 1.29 is 13.9 Å². The number of furan rings is 1. The van der Waals surface area contributed by atoms with Crippen molar-refractivity contribution in [1.29, 1.82) is 0 Å². The van der Waals surface area contributed by atoms with Gasteiger partial charge < -0.3 is 19.2 Å². The van der Waals surface area contributed by atoms with Gasteiger partial charge in [-0.05, 0) is 26.0 Å². The van der Waals surface area contributed by atoms with Crippen LogP contribution in [-0.4, -0.2) is 26.6 Å². The standard InChI is InChI=1S/C11H19NO3/c1-8-5-6-10(15-8)7-12-9(2)11(13-3)14-4/h5-6,9,11-12H,7H2,1-4H3. The van der Waals surface area contributed by atoms with Crippen LogP contribution in [0.2, 0.25) is 0 Å². The molecule has 1 aromatic rings. The van der Waals surface area contributed by atoms with Gasteiger partial charge in [-0.1, -0.05) is 0 Å². The highest BCUT2D eigenvalue weighted by molar-refractivity contribution is 5.05. The van der Waals surface area contributed by atoms with Gasteiger partial charge in [-0.25, -0.2) is 0 Å². The lowest BCUT2D eigenvalue weighted by molar-refractivity contribution is -0.119. The van der Waals surface area contributed by atoms with Crippen molar-refractivity contribution in [2.45, 2.75) is 32.7 Å². The molecule has 4 heteroatoms. The largest absolute Gasteiger partial charge is 0.465 e. The monoisotopic (exact) mass is 213 g/mol. The molecule has 0 aromatic carbocycles. The number of aryl methyl sites for hydroxylation is 1. The molecule has 0 aliphatic carbocycles. The summed E-state index contributed by atoms with van der Waals surface area (Å²) < 4.78 is 15.7. The lowest BCUT2D eigenvalue weighted by atomic mass is 10.3. The Hall–Kier alpha value is -0.840. The predicted octanol–water partition coefficient (Wildman–Crippen LogP) is 1.69. The molecule has 0 fully saturated rings. The van der Waals surface area contributed by atoms with Crippen LogP contribution in [0.3, 0.4) is 0 Å². The zero-order valence-corrected chi connectivity index (χ0v) is 9.74. The van der Waals surface area contributed by atoms with Crippen molar-refractivity contribution in [3.63, 3.8) is 0 Å². The third-order valence-electron chi connectivity index (χ3n) is 2.27. The van der Waals surface area contributed by atoms with E-state index in [4.69, 9.17) is 13.9 Å². The second-order valence-electron chi connectivity index (χ2n) is 3.52. The molecule has 0 spiro atoms. The molecule has 0 amide bonds. The Bertz CT molecular complexity index is 281. The molecule has 15 heavy (non-hydrogen) atoms. The summed E-state index contributed by atoms with van der Waals surface area (Å²) in [6.45, 7) is 4.62. The number of hydrogen-bond acceptors (Lipinski definition) is 4. The van der Waals surface area contributed by atoms with Gasteiger partial charge >= 0.3 is 0 Å². The summed E-state index contributed by atoms with van der Waals surface area (Å²) in [6, 6.07) is 4.03. The predicted molar refractivity (Wildman–Crippen MR) is 57.6 cm³/mol. The SMILES string of the molecule is COC(OC)C(C)NCc1ccc(C)o1. The zero-order valence-electron chi connectivity index (χ0n) is 9.74. The number of nitrogens with one attached hydrogen (secondary N) is 1. The highest BCUT2D eigenvalue weighted by atomic mass is 16.7. The first-order chi connectivity index (χ1) is 7.17. The number of methoxy groups -OCH3 is 2. The molecule has 0 aliphatic rings. The van der Waals surface area contributed by atoms with Crippen molar-refractivity contribution in [1.82, 2.24) is 5.32 Å². The molecule has 1 atom stereocenters. The van der Waals surface area contributed by atoms with E-state index in [1.54, 1.807) is 14.2 Å². The van der Waals surface area contributed by atoms with E-state index < -0.39 is 0 Å². The second kappa shape index (κ2) is 5.90. The van der Waals surface area contributed by atoms with Crippen molar-refractivity contribution in [2.24, 2.45) is 0 Å². The van der Waals surface area contributed by atoms with Crippen LogP contribution in [0, 0.1) is 6.92 Å². The molecule has 0 saturated carbocycles. The van der Waals surface area contributed by atoms with Crippen LogP contribution in [0.25, 0.3) is 0 Å². The molecule has 1 rings (SSSR count). The Kier molecular flexibility index (Phi) is 4.81.